The molecule has 0 aliphatic carbocycles. The predicted octanol–water partition coefficient (Wildman–Crippen LogP) is 6.51. The molecule has 1 fully saturated rings. The van der Waals surface area contributed by atoms with E-state index in [9.17, 15) is 14.8 Å². The molecule has 9 heteroatoms. The Balaban J connectivity index is 1.64. The van der Waals surface area contributed by atoms with Crippen LogP contribution in [0.15, 0.2) is 78.9 Å². The Hall–Kier alpha value is -3.26. The Bertz CT molecular complexity index is 1190. The van der Waals surface area contributed by atoms with Gasteiger partial charge in [-0.1, -0.05) is 53.5 Å². The molecule has 0 radical (unpaired) electrons. The van der Waals surface area contributed by atoms with Crippen molar-refractivity contribution in [1.82, 2.24) is 9.96 Å². The number of hydrogen-bond donors (Lipinski definition) is 2. The first-order chi connectivity index (χ1) is 16.7. The molecule has 1 saturated heterocycles. The number of halogens is 2. The number of hydroxylamine groups is 2. The highest BCUT2D eigenvalue weighted by Crippen LogP contribution is 2.38. The first-order valence-electron chi connectivity index (χ1n) is 11.1. The molecule has 1 aliphatic heterocycles. The van der Waals surface area contributed by atoms with E-state index in [-0.39, 0.29) is 6.03 Å². The first-order valence-corrected chi connectivity index (χ1v) is 11.9. The van der Waals surface area contributed by atoms with Crippen molar-refractivity contribution in [1.29, 1.82) is 0 Å². The Morgan fingerprint density at radius 1 is 0.971 bits per heavy atom. The summed E-state index contributed by atoms with van der Waals surface area (Å²) in [7, 11) is 0. The van der Waals surface area contributed by atoms with Gasteiger partial charge >= 0.3 is 12.1 Å². The number of hydrogen-bond acceptors (Lipinski definition) is 3. The van der Waals surface area contributed by atoms with Gasteiger partial charge < -0.3 is 10.2 Å². The molecule has 1 atom stereocenters. The highest BCUT2D eigenvalue weighted by Gasteiger charge is 2.55. The number of urea groups is 2. The highest BCUT2D eigenvalue weighted by molar-refractivity contribution is 6.31. The molecule has 3 aromatic carbocycles. The van der Waals surface area contributed by atoms with Crippen LogP contribution in [0.5, 0.6) is 0 Å². The van der Waals surface area contributed by atoms with E-state index < -0.39 is 17.7 Å². The average Bonchev–Trinajstić information content (AvgIpc) is 3.04. The van der Waals surface area contributed by atoms with Crippen LogP contribution >= 0.6 is 23.2 Å². The maximum atomic E-state index is 13.7. The van der Waals surface area contributed by atoms with Gasteiger partial charge in [0.05, 0.1) is 5.54 Å². The van der Waals surface area contributed by atoms with Crippen molar-refractivity contribution in [3.05, 3.63) is 94.5 Å². The van der Waals surface area contributed by atoms with Crippen LogP contribution in [0.3, 0.4) is 0 Å². The minimum absolute atomic E-state index is 0.323. The predicted molar refractivity (Wildman–Crippen MR) is 138 cm³/mol. The third-order valence-corrected chi connectivity index (χ3v) is 6.62. The van der Waals surface area contributed by atoms with Gasteiger partial charge in [-0.3, -0.25) is 10.1 Å². The van der Waals surface area contributed by atoms with E-state index in [0.717, 1.165) is 5.56 Å². The molecule has 182 valence electrons. The lowest BCUT2D eigenvalue weighted by Crippen LogP contribution is -2.58. The lowest BCUT2D eigenvalue weighted by Gasteiger charge is -2.38. The third-order valence-electron chi connectivity index (χ3n) is 6.12. The van der Waals surface area contributed by atoms with Gasteiger partial charge in [-0.25, -0.2) is 9.59 Å². The maximum absolute atomic E-state index is 13.7. The monoisotopic (exact) mass is 512 g/mol. The molecule has 0 unspecified atom stereocenters. The molecule has 4 amide bonds. The van der Waals surface area contributed by atoms with Crippen LogP contribution in [0.4, 0.5) is 21.0 Å². The van der Waals surface area contributed by atoms with Gasteiger partial charge in [-0.2, -0.15) is 5.06 Å². The van der Waals surface area contributed by atoms with Crippen LogP contribution < -0.4 is 10.2 Å². The Labute approximate surface area is 214 Å². The SMILES string of the molecule is CC1(C)[C@H](N(O)C(=O)Nc2ccc(Cl)cc2)N(c2ccc(Cl)cc2)C(=O)N1CCc1ccccc1. The lowest BCUT2D eigenvalue weighted by atomic mass is 9.99. The van der Waals surface area contributed by atoms with Crippen LogP contribution in [0, 0.1) is 0 Å². The van der Waals surface area contributed by atoms with Crippen molar-refractivity contribution in [2.45, 2.75) is 32.0 Å². The average molecular weight is 513 g/mol. The molecule has 0 saturated carbocycles. The molecule has 35 heavy (non-hydrogen) atoms. The van der Waals surface area contributed by atoms with E-state index in [1.165, 1.54) is 4.90 Å². The van der Waals surface area contributed by atoms with Crippen molar-refractivity contribution in [2.24, 2.45) is 0 Å². The maximum Gasteiger partial charge on any atom is 0.347 e. The second kappa shape index (κ2) is 10.2. The van der Waals surface area contributed by atoms with Crippen LogP contribution in [0.2, 0.25) is 10.0 Å². The van der Waals surface area contributed by atoms with Crippen molar-refractivity contribution in [3.8, 4) is 0 Å². The first kappa shape index (κ1) is 24.9. The number of nitrogens with one attached hydrogen (secondary N) is 1. The van der Waals surface area contributed by atoms with Crippen molar-refractivity contribution in [3.63, 3.8) is 0 Å². The number of rotatable bonds is 6. The lowest BCUT2D eigenvalue weighted by molar-refractivity contribution is -0.0947. The summed E-state index contributed by atoms with van der Waals surface area (Å²) in [5, 5.41) is 15.4. The molecule has 2 N–H and O–H groups in total. The highest BCUT2D eigenvalue weighted by atomic mass is 35.5. The van der Waals surface area contributed by atoms with Gasteiger partial charge in [0.1, 0.15) is 0 Å². The Morgan fingerprint density at radius 3 is 2.14 bits per heavy atom. The van der Waals surface area contributed by atoms with Gasteiger partial charge in [0, 0.05) is 28.0 Å². The second-order valence-corrected chi connectivity index (χ2v) is 9.70. The van der Waals surface area contributed by atoms with Crippen LogP contribution in [-0.4, -0.2) is 45.5 Å². The molecule has 4 rings (SSSR count). The standard InChI is InChI=1S/C26H26Cl2N4O3/c1-26(2)23(32(35)24(33)29-21-12-8-19(27)9-13-21)31(22-14-10-20(28)11-15-22)25(34)30(26)17-16-18-6-4-3-5-7-18/h3-15,23,35H,16-17H2,1-2H3,(H,29,33)/t23-/m0/s1. The zero-order valence-corrected chi connectivity index (χ0v) is 20.9. The molecule has 0 spiro atoms. The van der Waals surface area contributed by atoms with Gasteiger partial charge in [0.2, 0.25) is 0 Å². The number of amides is 4. The van der Waals surface area contributed by atoms with E-state index in [1.54, 1.807) is 53.4 Å². The topological polar surface area (TPSA) is 76.1 Å². The summed E-state index contributed by atoms with van der Waals surface area (Å²) in [5.41, 5.74) is 1.12. The van der Waals surface area contributed by atoms with Crippen LogP contribution in [0.1, 0.15) is 19.4 Å². The van der Waals surface area contributed by atoms with E-state index >= 15 is 0 Å². The van der Waals surface area contributed by atoms with Gasteiger partial charge in [0.15, 0.2) is 6.17 Å². The summed E-state index contributed by atoms with van der Waals surface area (Å²) in [6.07, 6.45) is -0.390. The summed E-state index contributed by atoms with van der Waals surface area (Å²) < 4.78 is 0. The van der Waals surface area contributed by atoms with E-state index in [4.69, 9.17) is 23.2 Å². The summed E-state index contributed by atoms with van der Waals surface area (Å²) in [6, 6.07) is 22.0. The van der Waals surface area contributed by atoms with E-state index in [2.05, 4.69) is 5.32 Å². The van der Waals surface area contributed by atoms with Crippen molar-refractivity contribution < 1.29 is 14.8 Å². The molecule has 3 aromatic rings. The summed E-state index contributed by atoms with van der Waals surface area (Å²) in [4.78, 5) is 29.8. The normalized spacial score (nSPS) is 16.9. The fraction of sp³-hybridized carbons (Fsp3) is 0.231. The molecule has 1 aliphatic rings. The number of anilines is 2. The quantitative estimate of drug-likeness (QED) is 0.292. The zero-order valence-electron chi connectivity index (χ0n) is 19.4. The minimum atomic E-state index is -1.01. The molecule has 0 aromatic heterocycles. The minimum Gasteiger partial charge on any atom is -0.315 e. The summed E-state index contributed by atoms with van der Waals surface area (Å²) in [6.45, 7) is 4.06. The summed E-state index contributed by atoms with van der Waals surface area (Å²) in [5.74, 6) is 0. The smallest absolute Gasteiger partial charge is 0.315 e. The molecular weight excluding hydrogens is 487 g/mol. The fourth-order valence-electron chi connectivity index (χ4n) is 4.29. The van der Waals surface area contributed by atoms with Crippen molar-refractivity contribution in [2.75, 3.05) is 16.8 Å². The Kier molecular flexibility index (Phi) is 7.21. The van der Waals surface area contributed by atoms with Crippen molar-refractivity contribution >= 4 is 46.6 Å². The molecule has 1 heterocycles. The zero-order chi connectivity index (χ0) is 25.2. The number of benzene rings is 3. The molecular formula is C26H26Cl2N4O3. The van der Waals surface area contributed by atoms with E-state index in [0.29, 0.717) is 39.4 Å². The van der Waals surface area contributed by atoms with Crippen LogP contribution in [0.25, 0.3) is 0 Å². The number of carbonyl (C=O) groups is 2. The molecule has 7 nitrogen and oxygen atoms in total. The summed E-state index contributed by atoms with van der Waals surface area (Å²) >= 11 is 12.0. The second-order valence-electron chi connectivity index (χ2n) is 8.83. The third kappa shape index (κ3) is 5.22. The number of carbonyl (C=O) groups excluding carboxylic acids is 2. The van der Waals surface area contributed by atoms with Crippen LogP contribution in [-0.2, 0) is 6.42 Å². The molecule has 0 bridgehead atoms. The fourth-order valence-corrected chi connectivity index (χ4v) is 4.54. The van der Waals surface area contributed by atoms with E-state index in [1.807, 2.05) is 44.2 Å². The number of nitrogens with zero attached hydrogens (tertiary/aromatic N) is 3. The Morgan fingerprint density at radius 2 is 1.54 bits per heavy atom. The van der Waals surface area contributed by atoms with Gasteiger partial charge in [0.25, 0.3) is 0 Å². The van der Waals surface area contributed by atoms with Gasteiger partial charge in [-0.05, 0) is 74.4 Å². The largest absolute Gasteiger partial charge is 0.347 e. The van der Waals surface area contributed by atoms with Gasteiger partial charge in [-0.15, -0.1) is 0 Å².